The number of rotatable bonds is 7. The molecule has 0 radical (unpaired) electrons. The van der Waals surface area contributed by atoms with E-state index in [-0.39, 0.29) is 5.78 Å². The van der Waals surface area contributed by atoms with Crippen LogP contribution in [0.2, 0.25) is 10.0 Å². The van der Waals surface area contributed by atoms with Gasteiger partial charge in [0, 0.05) is 28.9 Å². The van der Waals surface area contributed by atoms with Gasteiger partial charge in [-0.1, -0.05) is 37.0 Å². The summed E-state index contributed by atoms with van der Waals surface area (Å²) in [7, 11) is 0. The molecule has 0 amide bonds. The molecule has 0 bridgehead atoms. The first-order chi connectivity index (χ1) is 8.49. The third kappa shape index (κ3) is 5.85. The summed E-state index contributed by atoms with van der Waals surface area (Å²) in [5, 5.41) is 4.50. The molecule has 1 rings (SSSR count). The highest BCUT2D eigenvalue weighted by Gasteiger charge is 2.08. The van der Waals surface area contributed by atoms with E-state index in [9.17, 15) is 4.79 Å². The zero-order valence-electron chi connectivity index (χ0n) is 10.8. The lowest BCUT2D eigenvalue weighted by Crippen LogP contribution is -2.24. The monoisotopic (exact) mass is 287 g/mol. The van der Waals surface area contributed by atoms with Gasteiger partial charge in [-0.25, -0.2) is 0 Å². The Morgan fingerprint density at radius 2 is 2.06 bits per heavy atom. The smallest absolute Gasteiger partial charge is 0.137 e. The van der Waals surface area contributed by atoms with Crippen LogP contribution >= 0.6 is 23.2 Å². The summed E-state index contributed by atoms with van der Waals surface area (Å²) in [6, 6.07) is 5.67. The number of benzene rings is 1. The fraction of sp³-hybridized carbons (Fsp3) is 0.500. The molecule has 0 heterocycles. The Morgan fingerprint density at radius 3 is 2.72 bits per heavy atom. The van der Waals surface area contributed by atoms with Crippen LogP contribution in [0.4, 0.5) is 0 Å². The van der Waals surface area contributed by atoms with Crippen LogP contribution in [-0.2, 0) is 11.2 Å². The SMILES string of the molecule is CC(C)NCCCC(=O)Cc1cc(Cl)ccc1Cl. The van der Waals surface area contributed by atoms with Crippen molar-refractivity contribution in [3.8, 4) is 0 Å². The second-order valence-corrected chi connectivity index (χ2v) is 5.51. The van der Waals surface area contributed by atoms with E-state index in [1.165, 1.54) is 0 Å². The van der Waals surface area contributed by atoms with Crippen molar-refractivity contribution in [3.05, 3.63) is 33.8 Å². The van der Waals surface area contributed by atoms with E-state index < -0.39 is 0 Å². The van der Waals surface area contributed by atoms with Crippen LogP contribution in [0, 0.1) is 0 Å². The summed E-state index contributed by atoms with van der Waals surface area (Å²) in [4.78, 5) is 11.8. The number of Topliss-reactive ketones (excluding diaryl/α,β-unsaturated/α-hetero) is 1. The summed E-state index contributed by atoms with van der Waals surface area (Å²) in [5.41, 5.74) is 0.811. The molecule has 0 fully saturated rings. The highest BCUT2D eigenvalue weighted by atomic mass is 35.5. The van der Waals surface area contributed by atoms with Crippen LogP contribution < -0.4 is 5.32 Å². The van der Waals surface area contributed by atoms with Gasteiger partial charge in [-0.15, -0.1) is 0 Å². The Kier molecular flexibility index (Phi) is 6.69. The lowest BCUT2D eigenvalue weighted by Gasteiger charge is -2.08. The number of nitrogens with one attached hydrogen (secondary N) is 1. The maximum absolute atomic E-state index is 11.8. The highest BCUT2D eigenvalue weighted by molar-refractivity contribution is 6.33. The van der Waals surface area contributed by atoms with Crippen molar-refractivity contribution in [1.29, 1.82) is 0 Å². The van der Waals surface area contributed by atoms with Gasteiger partial charge in [0.2, 0.25) is 0 Å². The molecule has 0 spiro atoms. The molecule has 1 N–H and O–H groups in total. The normalized spacial score (nSPS) is 10.9. The molecule has 0 saturated heterocycles. The summed E-state index contributed by atoms with van der Waals surface area (Å²) in [6.07, 6.45) is 1.79. The minimum Gasteiger partial charge on any atom is -0.315 e. The molecular weight excluding hydrogens is 269 g/mol. The topological polar surface area (TPSA) is 29.1 Å². The summed E-state index contributed by atoms with van der Waals surface area (Å²) in [5.74, 6) is 0.199. The van der Waals surface area contributed by atoms with E-state index in [1.54, 1.807) is 18.2 Å². The van der Waals surface area contributed by atoms with Crippen molar-refractivity contribution in [2.45, 2.75) is 39.2 Å². The van der Waals surface area contributed by atoms with Gasteiger partial charge in [0.15, 0.2) is 0 Å². The number of carbonyl (C=O) groups is 1. The van der Waals surface area contributed by atoms with Crippen LogP contribution in [0.5, 0.6) is 0 Å². The number of ketones is 1. The van der Waals surface area contributed by atoms with Crippen LogP contribution in [0.15, 0.2) is 18.2 Å². The van der Waals surface area contributed by atoms with E-state index in [0.29, 0.717) is 28.9 Å². The lowest BCUT2D eigenvalue weighted by atomic mass is 10.1. The average molecular weight is 288 g/mol. The van der Waals surface area contributed by atoms with E-state index in [1.807, 2.05) is 0 Å². The maximum atomic E-state index is 11.8. The fourth-order valence-electron chi connectivity index (χ4n) is 1.66. The number of hydrogen-bond acceptors (Lipinski definition) is 2. The average Bonchev–Trinajstić information content (AvgIpc) is 2.29. The first kappa shape index (κ1) is 15.5. The summed E-state index contributed by atoms with van der Waals surface area (Å²) < 4.78 is 0. The predicted molar refractivity (Wildman–Crippen MR) is 77.5 cm³/mol. The van der Waals surface area contributed by atoms with Crippen molar-refractivity contribution < 1.29 is 4.79 Å². The van der Waals surface area contributed by atoms with Crippen molar-refractivity contribution in [2.24, 2.45) is 0 Å². The molecule has 18 heavy (non-hydrogen) atoms. The van der Waals surface area contributed by atoms with Crippen LogP contribution in [0.3, 0.4) is 0 Å². The maximum Gasteiger partial charge on any atom is 0.137 e. The van der Waals surface area contributed by atoms with Crippen LogP contribution in [0.1, 0.15) is 32.3 Å². The Morgan fingerprint density at radius 1 is 1.33 bits per heavy atom. The third-order valence-electron chi connectivity index (χ3n) is 2.58. The molecule has 1 aromatic carbocycles. The zero-order valence-corrected chi connectivity index (χ0v) is 12.3. The fourth-order valence-corrected chi connectivity index (χ4v) is 2.03. The second kappa shape index (κ2) is 7.78. The molecule has 0 unspecified atom stereocenters. The van der Waals surface area contributed by atoms with Gasteiger partial charge in [-0.05, 0) is 36.7 Å². The van der Waals surface area contributed by atoms with Gasteiger partial charge in [-0.3, -0.25) is 4.79 Å². The molecule has 0 aromatic heterocycles. The Balaban J connectivity index is 2.38. The first-order valence-electron chi connectivity index (χ1n) is 6.18. The van der Waals surface area contributed by atoms with Gasteiger partial charge in [-0.2, -0.15) is 0 Å². The largest absolute Gasteiger partial charge is 0.315 e. The van der Waals surface area contributed by atoms with Crippen molar-refractivity contribution in [1.82, 2.24) is 5.32 Å². The Labute approximate surface area is 119 Å². The molecule has 2 nitrogen and oxygen atoms in total. The summed E-state index contributed by atoms with van der Waals surface area (Å²) >= 11 is 11.9. The standard InChI is InChI=1S/C14H19Cl2NO/c1-10(2)17-7-3-4-13(18)9-11-8-12(15)5-6-14(11)16/h5-6,8,10,17H,3-4,7,9H2,1-2H3. The van der Waals surface area contributed by atoms with Crippen LogP contribution in [-0.4, -0.2) is 18.4 Å². The van der Waals surface area contributed by atoms with Crippen molar-refractivity contribution >= 4 is 29.0 Å². The van der Waals surface area contributed by atoms with E-state index in [2.05, 4.69) is 19.2 Å². The number of halogens is 2. The van der Waals surface area contributed by atoms with Gasteiger partial charge in [0.1, 0.15) is 5.78 Å². The molecular formula is C14H19Cl2NO. The molecule has 100 valence electrons. The third-order valence-corrected chi connectivity index (χ3v) is 3.18. The molecule has 4 heteroatoms. The molecule has 1 aromatic rings. The van der Waals surface area contributed by atoms with E-state index in [0.717, 1.165) is 18.5 Å². The van der Waals surface area contributed by atoms with E-state index in [4.69, 9.17) is 23.2 Å². The lowest BCUT2D eigenvalue weighted by molar-refractivity contribution is -0.118. The molecule has 0 atom stereocenters. The summed E-state index contributed by atoms with van der Waals surface area (Å²) in [6.45, 7) is 5.05. The predicted octanol–water partition coefficient (Wildman–Crippen LogP) is 3.88. The van der Waals surface area contributed by atoms with Gasteiger partial charge in [0.05, 0.1) is 0 Å². The molecule has 0 aliphatic heterocycles. The van der Waals surface area contributed by atoms with Crippen LogP contribution in [0.25, 0.3) is 0 Å². The number of carbonyl (C=O) groups excluding carboxylic acids is 1. The minimum absolute atomic E-state index is 0.199. The Bertz CT molecular complexity index is 405. The van der Waals surface area contributed by atoms with Gasteiger partial charge in [0.25, 0.3) is 0 Å². The zero-order chi connectivity index (χ0) is 13.5. The minimum atomic E-state index is 0.199. The van der Waals surface area contributed by atoms with Crippen molar-refractivity contribution in [3.63, 3.8) is 0 Å². The Hall–Kier alpha value is -0.570. The van der Waals surface area contributed by atoms with Crippen molar-refractivity contribution in [2.75, 3.05) is 6.54 Å². The highest BCUT2D eigenvalue weighted by Crippen LogP contribution is 2.21. The molecule has 0 aliphatic carbocycles. The van der Waals surface area contributed by atoms with E-state index >= 15 is 0 Å². The van der Waals surface area contributed by atoms with Gasteiger partial charge < -0.3 is 5.32 Å². The first-order valence-corrected chi connectivity index (χ1v) is 6.93. The molecule has 0 saturated carbocycles. The number of hydrogen-bond donors (Lipinski definition) is 1. The van der Waals surface area contributed by atoms with Gasteiger partial charge >= 0.3 is 0 Å². The quantitative estimate of drug-likeness (QED) is 0.771. The second-order valence-electron chi connectivity index (χ2n) is 4.66. The molecule has 0 aliphatic rings.